The van der Waals surface area contributed by atoms with Crippen molar-refractivity contribution in [2.45, 2.75) is 13.8 Å². The summed E-state index contributed by atoms with van der Waals surface area (Å²) in [7, 11) is 0. The van der Waals surface area contributed by atoms with E-state index in [0.717, 1.165) is 86.6 Å². The largest absolute Gasteiger partial charge is 0.455 e. The number of aryl methyl sites for hydroxylation is 2. The van der Waals surface area contributed by atoms with Gasteiger partial charge in [0.2, 0.25) is 0 Å². The van der Waals surface area contributed by atoms with Crippen LogP contribution in [0.25, 0.3) is 66.5 Å². The normalized spacial score (nSPS) is 12.0. The Morgan fingerprint density at radius 1 is 0.514 bits per heavy atom. The van der Waals surface area contributed by atoms with Crippen LogP contribution in [0.2, 0.25) is 0 Å². The van der Waals surface area contributed by atoms with Crippen LogP contribution in [0, 0.1) is 13.8 Å². The zero-order valence-electron chi connectivity index (χ0n) is 18.9. The van der Waals surface area contributed by atoms with Crippen LogP contribution in [0.15, 0.2) is 95.0 Å². The zero-order chi connectivity index (χ0) is 23.8. The molecule has 0 aliphatic heterocycles. The van der Waals surface area contributed by atoms with Gasteiger partial charge in [-0.2, -0.15) is 0 Å². The molecule has 0 fully saturated rings. The van der Waals surface area contributed by atoms with Crippen molar-refractivity contribution in [1.29, 1.82) is 0 Å². The fourth-order valence-corrected chi connectivity index (χ4v) is 6.10. The van der Waals surface area contributed by atoms with Crippen LogP contribution in [-0.2, 0) is 0 Å². The fourth-order valence-electron chi connectivity index (χ4n) is 5.09. The fraction of sp³-hybridized carbons (Fsp3) is 0.0667. The number of hydrogen-bond donors (Lipinski definition) is 0. The van der Waals surface area contributed by atoms with Gasteiger partial charge in [0.1, 0.15) is 22.7 Å². The molecule has 3 heterocycles. The van der Waals surface area contributed by atoms with Crippen molar-refractivity contribution >= 4 is 75.7 Å². The highest BCUT2D eigenvalue weighted by atomic mass is 79.9. The molecule has 170 valence electrons. The number of rotatable bonds is 2. The van der Waals surface area contributed by atoms with Gasteiger partial charge in [0.15, 0.2) is 11.2 Å². The first-order valence-corrected chi connectivity index (χ1v) is 12.9. The van der Waals surface area contributed by atoms with E-state index in [4.69, 9.17) is 13.3 Å². The van der Waals surface area contributed by atoms with E-state index in [-0.39, 0.29) is 0 Å². The van der Waals surface area contributed by atoms with Crippen molar-refractivity contribution in [1.82, 2.24) is 0 Å². The van der Waals surface area contributed by atoms with Crippen molar-refractivity contribution in [3.05, 3.63) is 92.9 Å². The standard InChI is InChI=1S/C30H18Br2O3/c1-15-19-13-21(31)29-23(27(19)33-25(15)17-9-5-3-6-10-17)24-28-20(14-22(32)30(24)35-29)16(2)26(34-28)18-11-7-4-8-12-18/h3-14H,1-2H3. The van der Waals surface area contributed by atoms with Gasteiger partial charge in [0.25, 0.3) is 0 Å². The van der Waals surface area contributed by atoms with Crippen LogP contribution in [0.5, 0.6) is 0 Å². The van der Waals surface area contributed by atoms with Gasteiger partial charge in [0, 0.05) is 33.0 Å². The quantitative estimate of drug-likeness (QED) is 0.202. The molecular weight excluding hydrogens is 568 g/mol. The van der Waals surface area contributed by atoms with E-state index in [0.29, 0.717) is 0 Å². The molecule has 0 bridgehead atoms. The molecule has 7 aromatic rings. The number of benzene rings is 4. The van der Waals surface area contributed by atoms with Gasteiger partial charge in [-0.15, -0.1) is 0 Å². The lowest BCUT2D eigenvalue weighted by atomic mass is 10.0. The summed E-state index contributed by atoms with van der Waals surface area (Å²) in [6, 6.07) is 24.6. The van der Waals surface area contributed by atoms with Crippen molar-refractivity contribution in [2.24, 2.45) is 0 Å². The van der Waals surface area contributed by atoms with Gasteiger partial charge >= 0.3 is 0 Å². The third kappa shape index (κ3) is 2.95. The van der Waals surface area contributed by atoms with Crippen LogP contribution < -0.4 is 0 Å². The van der Waals surface area contributed by atoms with Gasteiger partial charge in [-0.25, -0.2) is 0 Å². The topological polar surface area (TPSA) is 39.4 Å². The first-order valence-electron chi connectivity index (χ1n) is 11.3. The van der Waals surface area contributed by atoms with E-state index >= 15 is 0 Å². The highest BCUT2D eigenvalue weighted by Gasteiger charge is 2.26. The van der Waals surface area contributed by atoms with Crippen LogP contribution in [-0.4, -0.2) is 0 Å². The first kappa shape index (κ1) is 21.0. The van der Waals surface area contributed by atoms with E-state index in [2.05, 4.69) is 82.1 Å². The molecule has 3 aromatic heterocycles. The van der Waals surface area contributed by atoms with Crippen molar-refractivity contribution in [3.63, 3.8) is 0 Å². The summed E-state index contributed by atoms with van der Waals surface area (Å²) < 4.78 is 21.4. The summed E-state index contributed by atoms with van der Waals surface area (Å²) in [5.41, 5.74) is 7.36. The molecule has 0 atom stereocenters. The maximum absolute atomic E-state index is 6.59. The smallest absolute Gasteiger partial charge is 0.153 e. The van der Waals surface area contributed by atoms with Gasteiger partial charge in [-0.3, -0.25) is 0 Å². The molecule has 0 amide bonds. The Hall–Kier alpha value is -3.28. The average Bonchev–Trinajstić information content (AvgIpc) is 3.54. The molecule has 4 aromatic carbocycles. The summed E-state index contributed by atoms with van der Waals surface area (Å²) >= 11 is 7.52. The summed E-state index contributed by atoms with van der Waals surface area (Å²) in [5.74, 6) is 1.72. The van der Waals surface area contributed by atoms with Gasteiger partial charge in [0.05, 0.1) is 19.7 Å². The average molecular weight is 586 g/mol. The Labute approximate surface area is 217 Å². The Bertz CT molecular complexity index is 1780. The lowest BCUT2D eigenvalue weighted by Crippen LogP contribution is -1.77. The molecule has 0 aliphatic rings. The minimum absolute atomic E-state index is 0.740. The van der Waals surface area contributed by atoms with Crippen molar-refractivity contribution in [3.8, 4) is 22.6 Å². The summed E-state index contributed by atoms with van der Waals surface area (Å²) in [6.07, 6.45) is 0. The zero-order valence-corrected chi connectivity index (χ0v) is 22.1. The van der Waals surface area contributed by atoms with Crippen molar-refractivity contribution in [2.75, 3.05) is 0 Å². The third-order valence-corrected chi connectivity index (χ3v) is 7.98. The number of furan rings is 3. The Kier molecular flexibility index (Phi) is 4.57. The molecular formula is C30H18Br2O3. The predicted octanol–water partition coefficient (Wildman–Crippen LogP) is 10.6. The van der Waals surface area contributed by atoms with E-state index in [1.165, 1.54) is 0 Å². The predicted molar refractivity (Wildman–Crippen MR) is 149 cm³/mol. The van der Waals surface area contributed by atoms with Crippen LogP contribution in [0.4, 0.5) is 0 Å². The Morgan fingerprint density at radius 2 is 0.914 bits per heavy atom. The van der Waals surface area contributed by atoms with E-state index in [9.17, 15) is 0 Å². The molecule has 0 saturated carbocycles. The Morgan fingerprint density at radius 3 is 1.31 bits per heavy atom. The molecule has 0 spiro atoms. The minimum atomic E-state index is 0.740. The highest BCUT2D eigenvalue weighted by Crippen LogP contribution is 2.49. The molecule has 35 heavy (non-hydrogen) atoms. The minimum Gasteiger partial charge on any atom is -0.455 e. The second kappa shape index (κ2) is 7.61. The van der Waals surface area contributed by atoms with Crippen LogP contribution in [0.3, 0.4) is 0 Å². The van der Waals surface area contributed by atoms with Crippen molar-refractivity contribution < 1.29 is 13.3 Å². The van der Waals surface area contributed by atoms with Gasteiger partial charge in [-0.1, -0.05) is 60.7 Å². The molecule has 0 saturated heterocycles. The highest BCUT2D eigenvalue weighted by molar-refractivity contribution is 9.11. The summed E-state index contributed by atoms with van der Waals surface area (Å²) in [6.45, 7) is 4.20. The monoisotopic (exact) mass is 584 g/mol. The first-order chi connectivity index (χ1) is 17.0. The molecule has 7 rings (SSSR count). The summed E-state index contributed by atoms with van der Waals surface area (Å²) in [5, 5.41) is 3.92. The van der Waals surface area contributed by atoms with Crippen LogP contribution in [0.1, 0.15) is 11.1 Å². The molecule has 5 heteroatoms. The second-order valence-electron chi connectivity index (χ2n) is 8.82. The SMILES string of the molecule is Cc1c(-c2ccccc2)oc2c1cc(Br)c1oc3c(Br)cc4c(C)c(-c5ccccc5)oc4c3c12. The molecule has 0 aliphatic carbocycles. The number of fused-ring (bicyclic) bond motifs is 7. The lowest BCUT2D eigenvalue weighted by molar-refractivity contribution is 0.630. The summed E-state index contributed by atoms with van der Waals surface area (Å²) in [4.78, 5) is 0. The maximum Gasteiger partial charge on any atom is 0.153 e. The van der Waals surface area contributed by atoms with E-state index in [1.807, 2.05) is 36.4 Å². The molecule has 0 N–H and O–H groups in total. The van der Waals surface area contributed by atoms with Crippen LogP contribution >= 0.6 is 31.9 Å². The van der Waals surface area contributed by atoms with E-state index in [1.54, 1.807) is 0 Å². The number of hydrogen-bond acceptors (Lipinski definition) is 3. The van der Waals surface area contributed by atoms with Gasteiger partial charge < -0.3 is 13.3 Å². The molecule has 0 radical (unpaired) electrons. The molecule has 0 unspecified atom stereocenters. The second-order valence-corrected chi connectivity index (χ2v) is 10.5. The van der Waals surface area contributed by atoms with E-state index < -0.39 is 0 Å². The third-order valence-electron chi connectivity index (χ3n) is 6.80. The van der Waals surface area contributed by atoms with Gasteiger partial charge in [-0.05, 0) is 57.8 Å². The molecule has 3 nitrogen and oxygen atoms in total. The number of halogens is 2. The lowest BCUT2D eigenvalue weighted by Gasteiger charge is -1.98. The maximum atomic E-state index is 6.59. The Balaban J connectivity index is 1.66.